The van der Waals surface area contributed by atoms with Gasteiger partial charge in [0.2, 0.25) is 0 Å². The van der Waals surface area contributed by atoms with Gasteiger partial charge in [0.05, 0.1) is 24.5 Å². The Balaban J connectivity index is 2.19. The third kappa shape index (κ3) is 5.32. The molecule has 0 bridgehead atoms. The van der Waals surface area contributed by atoms with Gasteiger partial charge < -0.3 is 20.3 Å². The molecule has 1 aliphatic heterocycles. The predicted molar refractivity (Wildman–Crippen MR) is 101 cm³/mol. The van der Waals surface area contributed by atoms with Gasteiger partial charge in [0, 0.05) is 0 Å². The Morgan fingerprint density at radius 1 is 1.44 bits per heavy atom. The van der Waals surface area contributed by atoms with Gasteiger partial charge in [-0.25, -0.2) is 14.8 Å². The Morgan fingerprint density at radius 2 is 2.16 bits per heavy atom. The minimum atomic E-state index is -0.535. The largest absolute Gasteiger partial charge is 0.444 e. The molecular weight excluding hydrogens is 386 g/mol. The summed E-state index contributed by atoms with van der Waals surface area (Å²) < 4.78 is 6.04. The number of carbonyl (C=O) groups excluding carboxylic acids is 1. The first-order chi connectivity index (χ1) is 11.7. The average Bonchev–Trinajstić information content (AvgIpc) is 2.53. The zero-order valence-electron chi connectivity index (χ0n) is 15.3. The van der Waals surface area contributed by atoms with Gasteiger partial charge in [0.15, 0.2) is 0 Å². The van der Waals surface area contributed by atoms with Crippen molar-refractivity contribution in [2.75, 3.05) is 4.90 Å². The fourth-order valence-corrected chi connectivity index (χ4v) is 2.89. The Morgan fingerprint density at radius 3 is 2.72 bits per heavy atom. The summed E-state index contributed by atoms with van der Waals surface area (Å²) >= 11 is 3.31. The summed E-state index contributed by atoms with van der Waals surface area (Å²) in [5, 5.41) is 6.22. The highest BCUT2D eigenvalue weighted by Gasteiger charge is 2.33. The van der Waals surface area contributed by atoms with E-state index in [1.165, 1.54) is 0 Å². The fraction of sp³-hybridized carbons (Fsp3) is 0.588. The third-order valence-electron chi connectivity index (χ3n) is 3.75. The lowest BCUT2D eigenvalue weighted by Gasteiger charge is -2.43. The molecule has 2 unspecified atom stereocenters. The van der Waals surface area contributed by atoms with Crippen molar-refractivity contribution in [3.63, 3.8) is 0 Å². The van der Waals surface area contributed by atoms with E-state index in [2.05, 4.69) is 54.4 Å². The molecule has 8 heteroatoms. The van der Waals surface area contributed by atoms with Crippen molar-refractivity contribution >= 4 is 27.8 Å². The second kappa shape index (κ2) is 8.03. The summed E-state index contributed by atoms with van der Waals surface area (Å²) in [6, 6.07) is -0.0519. The van der Waals surface area contributed by atoms with E-state index in [0.29, 0.717) is 4.60 Å². The van der Waals surface area contributed by atoms with Crippen LogP contribution in [0.4, 0.5) is 10.6 Å². The van der Waals surface area contributed by atoms with Gasteiger partial charge in [-0.15, -0.1) is 0 Å². The van der Waals surface area contributed by atoms with Gasteiger partial charge in [-0.05, 0) is 62.3 Å². The van der Waals surface area contributed by atoms with Crippen molar-refractivity contribution in [3.05, 3.63) is 29.3 Å². The summed E-state index contributed by atoms with van der Waals surface area (Å²) in [4.78, 5) is 23.0. The minimum Gasteiger partial charge on any atom is -0.444 e. The molecule has 2 rings (SSSR count). The molecule has 3 atom stereocenters. The van der Waals surface area contributed by atoms with Gasteiger partial charge >= 0.3 is 6.09 Å². The van der Waals surface area contributed by atoms with Gasteiger partial charge in [-0.2, -0.15) is 0 Å². The number of ether oxygens (including phenoxy) is 1. The van der Waals surface area contributed by atoms with E-state index in [1.807, 2.05) is 33.9 Å². The molecule has 138 valence electrons. The molecule has 7 nitrogen and oxygen atoms in total. The zero-order chi connectivity index (χ0) is 18.6. The standard InChI is InChI=1S/C17H26BrN5O2/c1-6-12-7-8-19-15(11(2)22-16(24)25-17(3,4)5)23(12)14-10-20-13(18)9-21-14/h7-12,15,19H,6H2,1-5H3,(H,22,24)/t11-,12?,15?/m0/s1. The van der Waals surface area contributed by atoms with Crippen LogP contribution in [0.25, 0.3) is 0 Å². The molecule has 0 saturated carbocycles. The SMILES string of the molecule is CCC1C=CNC([C@H](C)NC(=O)OC(C)(C)C)N1c1cnc(Br)cn1. The molecular formula is C17H26BrN5O2. The Kier molecular flexibility index (Phi) is 6.26. The number of hydrogen-bond donors (Lipinski definition) is 2. The van der Waals surface area contributed by atoms with E-state index in [0.717, 1.165) is 12.2 Å². The van der Waals surface area contributed by atoms with Crippen LogP contribution in [0.5, 0.6) is 0 Å². The minimum absolute atomic E-state index is 0.157. The number of alkyl carbamates (subject to hydrolysis) is 1. The fourth-order valence-electron chi connectivity index (χ4n) is 2.69. The first-order valence-electron chi connectivity index (χ1n) is 8.39. The molecule has 1 aromatic heterocycles. The van der Waals surface area contributed by atoms with E-state index < -0.39 is 11.7 Å². The van der Waals surface area contributed by atoms with Crippen LogP contribution in [-0.2, 0) is 4.74 Å². The topological polar surface area (TPSA) is 79.4 Å². The number of carbonyl (C=O) groups is 1. The zero-order valence-corrected chi connectivity index (χ0v) is 16.9. The van der Waals surface area contributed by atoms with Crippen molar-refractivity contribution in [1.82, 2.24) is 20.6 Å². The van der Waals surface area contributed by atoms with E-state index >= 15 is 0 Å². The monoisotopic (exact) mass is 411 g/mol. The molecule has 0 spiro atoms. The maximum absolute atomic E-state index is 12.1. The molecule has 1 amide bonds. The van der Waals surface area contributed by atoms with Crippen LogP contribution in [-0.4, -0.2) is 39.9 Å². The second-order valence-corrected chi connectivity index (χ2v) is 7.80. The van der Waals surface area contributed by atoms with E-state index in [9.17, 15) is 4.79 Å². The number of hydrogen-bond acceptors (Lipinski definition) is 6. The number of nitrogens with zero attached hydrogens (tertiary/aromatic N) is 3. The molecule has 0 radical (unpaired) electrons. The van der Waals surface area contributed by atoms with Crippen LogP contribution in [0.15, 0.2) is 29.3 Å². The lowest BCUT2D eigenvalue weighted by Crippen LogP contribution is -2.61. The average molecular weight is 412 g/mol. The third-order valence-corrected chi connectivity index (χ3v) is 4.16. The van der Waals surface area contributed by atoms with Crippen molar-refractivity contribution in [2.24, 2.45) is 0 Å². The summed E-state index contributed by atoms with van der Waals surface area (Å²) in [5.41, 5.74) is -0.535. The van der Waals surface area contributed by atoms with Crippen molar-refractivity contribution in [1.29, 1.82) is 0 Å². The molecule has 0 saturated heterocycles. The smallest absolute Gasteiger partial charge is 0.408 e. The first-order valence-corrected chi connectivity index (χ1v) is 9.18. The summed E-state index contributed by atoms with van der Waals surface area (Å²) in [6.45, 7) is 9.58. The van der Waals surface area contributed by atoms with Crippen molar-refractivity contribution in [2.45, 2.75) is 64.9 Å². The van der Waals surface area contributed by atoms with Crippen LogP contribution in [0.3, 0.4) is 0 Å². The number of rotatable bonds is 4. The van der Waals surface area contributed by atoms with E-state index in [-0.39, 0.29) is 18.2 Å². The molecule has 1 aliphatic rings. The van der Waals surface area contributed by atoms with Crippen LogP contribution in [0.2, 0.25) is 0 Å². The number of amides is 1. The molecule has 2 N–H and O–H groups in total. The molecule has 2 heterocycles. The van der Waals surface area contributed by atoms with Crippen LogP contribution >= 0.6 is 15.9 Å². The van der Waals surface area contributed by atoms with E-state index in [4.69, 9.17) is 4.74 Å². The molecule has 25 heavy (non-hydrogen) atoms. The van der Waals surface area contributed by atoms with Crippen LogP contribution in [0, 0.1) is 0 Å². The number of anilines is 1. The molecule has 0 aliphatic carbocycles. The second-order valence-electron chi connectivity index (χ2n) is 6.99. The summed E-state index contributed by atoms with van der Waals surface area (Å²) in [5.74, 6) is 0.745. The molecule has 1 aromatic rings. The molecule has 0 aromatic carbocycles. The highest BCUT2D eigenvalue weighted by Crippen LogP contribution is 2.23. The summed E-state index contributed by atoms with van der Waals surface area (Å²) in [7, 11) is 0. The van der Waals surface area contributed by atoms with Gasteiger partial charge in [-0.3, -0.25) is 0 Å². The lowest BCUT2D eigenvalue weighted by molar-refractivity contribution is 0.0497. The van der Waals surface area contributed by atoms with Crippen LogP contribution in [0.1, 0.15) is 41.0 Å². The maximum Gasteiger partial charge on any atom is 0.408 e. The summed E-state index contributed by atoms with van der Waals surface area (Å²) in [6.07, 6.45) is 7.70. The maximum atomic E-state index is 12.1. The highest BCUT2D eigenvalue weighted by atomic mass is 79.9. The van der Waals surface area contributed by atoms with Crippen molar-refractivity contribution in [3.8, 4) is 0 Å². The number of nitrogens with one attached hydrogen (secondary N) is 2. The molecule has 0 fully saturated rings. The van der Waals surface area contributed by atoms with Gasteiger partial charge in [-0.1, -0.05) is 6.92 Å². The number of aromatic nitrogens is 2. The lowest BCUT2D eigenvalue weighted by atomic mass is 10.1. The quantitative estimate of drug-likeness (QED) is 0.791. The van der Waals surface area contributed by atoms with Gasteiger partial charge in [0.1, 0.15) is 22.2 Å². The normalized spacial score (nSPS) is 21.4. The van der Waals surface area contributed by atoms with Crippen LogP contribution < -0.4 is 15.5 Å². The first kappa shape index (κ1) is 19.5. The Hall–Kier alpha value is -1.83. The predicted octanol–water partition coefficient (Wildman–Crippen LogP) is 3.18. The highest BCUT2D eigenvalue weighted by molar-refractivity contribution is 9.10. The Bertz CT molecular complexity index is 614. The van der Waals surface area contributed by atoms with Crippen molar-refractivity contribution < 1.29 is 9.53 Å². The Labute approximate surface area is 157 Å². The number of halogens is 1. The van der Waals surface area contributed by atoms with Gasteiger partial charge in [0.25, 0.3) is 0 Å². The van der Waals surface area contributed by atoms with E-state index in [1.54, 1.807) is 12.4 Å².